The van der Waals surface area contributed by atoms with Crippen molar-refractivity contribution in [2.45, 2.75) is 23.6 Å². The second kappa shape index (κ2) is 5.13. The van der Waals surface area contributed by atoms with Gasteiger partial charge in [-0.2, -0.15) is 0 Å². The maximum atomic E-state index is 12.1. The minimum Gasteiger partial charge on any atom is -0.501 e. The van der Waals surface area contributed by atoms with Crippen molar-refractivity contribution in [2.24, 2.45) is 0 Å². The normalized spacial score (nSPS) is 29.8. The molecule has 19 heavy (non-hydrogen) atoms. The Morgan fingerprint density at radius 1 is 1.37 bits per heavy atom. The van der Waals surface area contributed by atoms with Crippen LogP contribution in [0.1, 0.15) is 12.8 Å². The van der Waals surface area contributed by atoms with Crippen LogP contribution in [0.25, 0.3) is 0 Å². The number of nitrogens with one attached hydrogen (secondary N) is 1. The first-order valence-electron chi connectivity index (χ1n) is 6.04. The molecule has 0 aromatic rings. The Bertz CT molecular complexity index is 489. The summed E-state index contributed by atoms with van der Waals surface area (Å²) in [6, 6.07) is 0. The second-order valence-corrected chi connectivity index (χ2v) is 7.02. The number of amides is 2. The SMILES string of the molecule is COC1=CC=C(CN2C(=O)[C@@H]3NC(=O)C2SS3)CC1. The van der Waals surface area contributed by atoms with Gasteiger partial charge in [0.25, 0.3) is 11.8 Å². The first-order valence-corrected chi connectivity index (χ1v) is 8.32. The smallest absolute Gasteiger partial charge is 0.258 e. The molecule has 1 aliphatic carbocycles. The van der Waals surface area contributed by atoms with Crippen LogP contribution < -0.4 is 5.32 Å². The average Bonchev–Trinajstić information content (AvgIpc) is 2.44. The quantitative estimate of drug-likeness (QED) is 0.795. The van der Waals surface area contributed by atoms with Crippen LogP contribution in [0, 0.1) is 0 Å². The number of piperazine rings is 1. The van der Waals surface area contributed by atoms with E-state index in [-0.39, 0.29) is 11.8 Å². The van der Waals surface area contributed by atoms with E-state index in [9.17, 15) is 9.59 Å². The summed E-state index contributed by atoms with van der Waals surface area (Å²) in [5.74, 6) is 0.909. The van der Waals surface area contributed by atoms with E-state index in [0.717, 1.165) is 18.6 Å². The minimum absolute atomic E-state index is 0.00997. The Morgan fingerprint density at radius 3 is 2.84 bits per heavy atom. The average molecular weight is 298 g/mol. The van der Waals surface area contributed by atoms with Gasteiger partial charge in [-0.15, -0.1) is 0 Å². The van der Waals surface area contributed by atoms with Crippen LogP contribution in [0.4, 0.5) is 0 Å². The minimum atomic E-state index is -0.420. The molecule has 0 saturated carbocycles. The Labute approximate surface area is 119 Å². The summed E-state index contributed by atoms with van der Waals surface area (Å²) in [5.41, 5.74) is 1.17. The fourth-order valence-corrected chi connectivity index (χ4v) is 4.93. The number of methoxy groups -OCH3 is 1. The molecule has 102 valence electrons. The van der Waals surface area contributed by atoms with E-state index in [0.29, 0.717) is 6.54 Å². The van der Waals surface area contributed by atoms with Crippen LogP contribution in [0.5, 0.6) is 0 Å². The number of carbonyl (C=O) groups is 2. The van der Waals surface area contributed by atoms with E-state index in [2.05, 4.69) is 5.32 Å². The Kier molecular flexibility index (Phi) is 3.49. The van der Waals surface area contributed by atoms with Gasteiger partial charge in [0, 0.05) is 13.0 Å². The predicted octanol–water partition coefficient (Wildman–Crippen LogP) is 1.24. The number of rotatable bonds is 3. The number of fused-ring (bicyclic) bond motifs is 3. The lowest BCUT2D eigenvalue weighted by Crippen LogP contribution is -2.63. The summed E-state index contributed by atoms with van der Waals surface area (Å²) in [7, 11) is 4.57. The lowest BCUT2D eigenvalue weighted by molar-refractivity contribution is -0.142. The van der Waals surface area contributed by atoms with Crippen LogP contribution in [0.15, 0.2) is 23.5 Å². The van der Waals surface area contributed by atoms with E-state index in [1.54, 1.807) is 12.0 Å². The predicted molar refractivity (Wildman–Crippen MR) is 75.0 cm³/mol. The molecule has 1 N–H and O–H groups in total. The summed E-state index contributed by atoms with van der Waals surface area (Å²) < 4.78 is 5.18. The van der Waals surface area contributed by atoms with Gasteiger partial charge in [-0.25, -0.2) is 0 Å². The number of allylic oxidation sites excluding steroid dienone is 3. The molecule has 2 atom stereocenters. The fraction of sp³-hybridized carbons (Fsp3) is 0.500. The lowest BCUT2D eigenvalue weighted by atomic mass is 10.0. The Morgan fingerprint density at radius 2 is 2.21 bits per heavy atom. The first kappa shape index (κ1) is 12.9. The van der Waals surface area contributed by atoms with Gasteiger partial charge in [0.1, 0.15) is 0 Å². The van der Waals surface area contributed by atoms with Crippen LogP contribution in [-0.2, 0) is 14.3 Å². The van der Waals surface area contributed by atoms with Gasteiger partial charge in [0.15, 0.2) is 10.7 Å². The largest absolute Gasteiger partial charge is 0.501 e. The molecule has 5 nitrogen and oxygen atoms in total. The molecule has 0 aromatic heterocycles. The van der Waals surface area contributed by atoms with Gasteiger partial charge in [0.05, 0.1) is 12.9 Å². The molecule has 3 fully saturated rings. The third-order valence-electron chi connectivity index (χ3n) is 3.36. The van der Waals surface area contributed by atoms with Crippen LogP contribution in [-0.4, -0.2) is 41.1 Å². The van der Waals surface area contributed by atoms with Crippen molar-refractivity contribution in [2.75, 3.05) is 13.7 Å². The molecule has 2 bridgehead atoms. The third kappa shape index (κ3) is 2.36. The van der Waals surface area contributed by atoms with Crippen molar-refractivity contribution >= 4 is 33.4 Å². The molecule has 0 spiro atoms. The molecule has 0 radical (unpaired) electrons. The van der Waals surface area contributed by atoms with Gasteiger partial charge in [-0.3, -0.25) is 9.59 Å². The van der Waals surface area contributed by atoms with Gasteiger partial charge in [-0.1, -0.05) is 33.2 Å². The molecule has 3 heterocycles. The summed E-state index contributed by atoms with van der Waals surface area (Å²) in [5, 5.41) is 1.90. The molecule has 0 aromatic carbocycles. The zero-order valence-electron chi connectivity index (χ0n) is 10.4. The van der Waals surface area contributed by atoms with Crippen molar-refractivity contribution < 1.29 is 14.3 Å². The summed E-state index contributed by atoms with van der Waals surface area (Å²) in [4.78, 5) is 25.6. The zero-order chi connectivity index (χ0) is 13.4. The highest BCUT2D eigenvalue weighted by Gasteiger charge is 2.47. The van der Waals surface area contributed by atoms with Gasteiger partial charge < -0.3 is 15.0 Å². The maximum Gasteiger partial charge on any atom is 0.258 e. The molecule has 3 saturated heterocycles. The van der Waals surface area contributed by atoms with Crippen molar-refractivity contribution in [1.29, 1.82) is 0 Å². The Balaban J connectivity index is 1.73. The zero-order valence-corrected chi connectivity index (χ0v) is 12.1. The standard InChI is InChI=1S/C12H14N2O3S2/c1-17-8-4-2-7(3-5-8)6-14-11(16)10-13-9(15)12(14)19-18-10/h2,4,10,12H,3,5-6H2,1H3,(H,13,15)/t10-,12?/m1/s1. The summed E-state index contributed by atoms with van der Waals surface area (Å²) in [6.45, 7) is 0.536. The topological polar surface area (TPSA) is 58.6 Å². The molecule has 7 heteroatoms. The highest BCUT2D eigenvalue weighted by Crippen LogP contribution is 2.42. The molecule has 4 rings (SSSR count). The number of nitrogens with zero attached hydrogens (tertiary/aromatic N) is 1. The first-order chi connectivity index (χ1) is 9.19. The van der Waals surface area contributed by atoms with E-state index in [1.807, 2.05) is 12.2 Å². The van der Waals surface area contributed by atoms with Gasteiger partial charge in [0.2, 0.25) is 0 Å². The number of hydrogen-bond donors (Lipinski definition) is 1. The highest BCUT2D eigenvalue weighted by atomic mass is 33.1. The number of ether oxygens (including phenoxy) is 1. The van der Waals surface area contributed by atoms with E-state index in [4.69, 9.17) is 4.74 Å². The van der Waals surface area contributed by atoms with Crippen LogP contribution in [0.3, 0.4) is 0 Å². The van der Waals surface area contributed by atoms with Crippen molar-refractivity contribution in [1.82, 2.24) is 10.2 Å². The summed E-state index contributed by atoms with van der Waals surface area (Å²) >= 11 is 0. The monoisotopic (exact) mass is 298 g/mol. The summed E-state index contributed by atoms with van der Waals surface area (Å²) in [6.07, 6.45) is 5.66. The molecule has 1 unspecified atom stereocenters. The van der Waals surface area contributed by atoms with E-state index >= 15 is 0 Å². The number of carbonyl (C=O) groups excluding carboxylic acids is 2. The molecule has 3 aliphatic heterocycles. The van der Waals surface area contributed by atoms with Gasteiger partial charge >= 0.3 is 0 Å². The maximum absolute atomic E-state index is 12.1. The lowest BCUT2D eigenvalue weighted by Gasteiger charge is -2.43. The molecule has 2 amide bonds. The third-order valence-corrected chi connectivity index (χ3v) is 6.10. The van der Waals surface area contributed by atoms with Crippen LogP contribution in [0.2, 0.25) is 0 Å². The number of hydrogen-bond acceptors (Lipinski definition) is 5. The van der Waals surface area contributed by atoms with E-state index in [1.165, 1.54) is 27.2 Å². The molecular weight excluding hydrogens is 284 g/mol. The van der Waals surface area contributed by atoms with Crippen molar-refractivity contribution in [3.8, 4) is 0 Å². The highest BCUT2D eigenvalue weighted by molar-refractivity contribution is 8.77. The second-order valence-electron chi connectivity index (χ2n) is 4.56. The van der Waals surface area contributed by atoms with E-state index < -0.39 is 10.7 Å². The van der Waals surface area contributed by atoms with Crippen molar-refractivity contribution in [3.05, 3.63) is 23.5 Å². The Hall–Kier alpha value is -1.08. The van der Waals surface area contributed by atoms with Crippen molar-refractivity contribution in [3.63, 3.8) is 0 Å². The van der Waals surface area contributed by atoms with Crippen LogP contribution >= 0.6 is 21.6 Å². The van der Waals surface area contributed by atoms with Gasteiger partial charge in [-0.05, 0) is 12.5 Å². The fourth-order valence-electron chi connectivity index (χ4n) is 2.28. The molecule has 4 aliphatic rings. The molecular formula is C12H14N2O3S2.